The first-order chi connectivity index (χ1) is 8.99. The van der Waals surface area contributed by atoms with Gasteiger partial charge in [-0.05, 0) is 45.4 Å². The Hall–Kier alpha value is -1.30. The van der Waals surface area contributed by atoms with E-state index in [4.69, 9.17) is 5.84 Å². The molecule has 4 nitrogen and oxygen atoms in total. The average molecular weight is 276 g/mol. The Labute approximate surface area is 118 Å². The van der Waals surface area contributed by atoms with Gasteiger partial charge >= 0.3 is 0 Å². The minimum atomic E-state index is 0.0744. The monoisotopic (exact) mass is 276 g/mol. The van der Waals surface area contributed by atoms with Crippen molar-refractivity contribution in [3.05, 3.63) is 44.7 Å². The summed E-state index contributed by atoms with van der Waals surface area (Å²) in [5, 5.41) is 1.12. The highest BCUT2D eigenvalue weighted by molar-refractivity contribution is 7.11. The van der Waals surface area contributed by atoms with Crippen LogP contribution in [0.15, 0.2) is 12.1 Å². The summed E-state index contributed by atoms with van der Waals surface area (Å²) in [6.45, 7) is 8.15. The number of hydrogen-bond donors (Lipinski definition) is 2. The van der Waals surface area contributed by atoms with Crippen molar-refractivity contribution in [2.24, 2.45) is 5.84 Å². The fourth-order valence-electron chi connectivity index (χ4n) is 2.14. The Morgan fingerprint density at radius 3 is 2.26 bits per heavy atom. The summed E-state index contributed by atoms with van der Waals surface area (Å²) in [7, 11) is 0. The van der Waals surface area contributed by atoms with Gasteiger partial charge in [0.05, 0.1) is 16.7 Å². The number of thiazole rings is 1. The molecule has 0 spiro atoms. The summed E-state index contributed by atoms with van der Waals surface area (Å²) in [4.78, 5) is 10.2. The fourth-order valence-corrected chi connectivity index (χ4v) is 3.12. The summed E-state index contributed by atoms with van der Waals surface area (Å²) in [5.41, 5.74) is 7.19. The molecular formula is C14H20N4S. The summed E-state index contributed by atoms with van der Waals surface area (Å²) in [6.07, 6.45) is 0.804. The molecule has 19 heavy (non-hydrogen) atoms. The normalized spacial score (nSPS) is 12.7. The van der Waals surface area contributed by atoms with Crippen LogP contribution >= 0.6 is 11.3 Å². The van der Waals surface area contributed by atoms with Gasteiger partial charge in [-0.15, -0.1) is 11.3 Å². The van der Waals surface area contributed by atoms with Crippen molar-refractivity contribution in [3.8, 4) is 0 Å². The number of nitrogens with one attached hydrogen (secondary N) is 1. The van der Waals surface area contributed by atoms with E-state index in [1.807, 2.05) is 20.8 Å². The Morgan fingerprint density at radius 1 is 1.16 bits per heavy atom. The Bertz CT molecular complexity index is 537. The van der Waals surface area contributed by atoms with E-state index in [0.717, 1.165) is 34.1 Å². The molecule has 0 fully saturated rings. The van der Waals surface area contributed by atoms with Crippen LogP contribution in [0.3, 0.4) is 0 Å². The second kappa shape index (κ2) is 5.77. The zero-order valence-corrected chi connectivity index (χ0v) is 12.6. The van der Waals surface area contributed by atoms with Crippen molar-refractivity contribution in [1.82, 2.24) is 15.4 Å². The van der Waals surface area contributed by atoms with Gasteiger partial charge in [0, 0.05) is 22.7 Å². The third-order valence-electron chi connectivity index (χ3n) is 3.16. The standard InChI is InChI=1S/C14H20N4S/c1-8-5-12(6-9(2)16-8)13(18-15)7-14-17-10(3)11(4)19-14/h5-6,13,18H,7,15H2,1-4H3. The van der Waals surface area contributed by atoms with Crippen molar-refractivity contribution in [2.75, 3.05) is 0 Å². The van der Waals surface area contributed by atoms with Crippen LogP contribution in [0.2, 0.25) is 0 Å². The Balaban J connectivity index is 2.24. The number of aromatic nitrogens is 2. The lowest BCUT2D eigenvalue weighted by molar-refractivity contribution is 0.549. The highest BCUT2D eigenvalue weighted by atomic mass is 32.1. The van der Waals surface area contributed by atoms with Crippen LogP contribution in [0.1, 0.15) is 38.6 Å². The van der Waals surface area contributed by atoms with Gasteiger partial charge < -0.3 is 0 Å². The van der Waals surface area contributed by atoms with Gasteiger partial charge in [-0.1, -0.05) is 0 Å². The van der Waals surface area contributed by atoms with Gasteiger partial charge in [0.15, 0.2) is 0 Å². The van der Waals surface area contributed by atoms with Gasteiger partial charge in [0.25, 0.3) is 0 Å². The number of nitrogens with two attached hydrogens (primary N) is 1. The molecule has 0 aliphatic carbocycles. The van der Waals surface area contributed by atoms with Gasteiger partial charge in [0.1, 0.15) is 0 Å². The molecule has 0 saturated carbocycles. The molecule has 0 amide bonds. The van der Waals surface area contributed by atoms with Crippen LogP contribution in [-0.2, 0) is 6.42 Å². The number of rotatable bonds is 4. The molecule has 2 rings (SSSR count). The quantitative estimate of drug-likeness (QED) is 0.665. The van der Waals surface area contributed by atoms with Crippen molar-refractivity contribution in [3.63, 3.8) is 0 Å². The zero-order chi connectivity index (χ0) is 14.0. The summed E-state index contributed by atoms with van der Waals surface area (Å²) in [6, 6.07) is 4.22. The van der Waals surface area contributed by atoms with Crippen LogP contribution in [0.5, 0.6) is 0 Å². The number of hydrogen-bond acceptors (Lipinski definition) is 5. The minimum absolute atomic E-state index is 0.0744. The van der Waals surface area contributed by atoms with E-state index in [9.17, 15) is 0 Å². The summed E-state index contributed by atoms with van der Waals surface area (Å²) < 4.78 is 0. The predicted molar refractivity (Wildman–Crippen MR) is 79.1 cm³/mol. The molecule has 0 aliphatic rings. The highest BCUT2D eigenvalue weighted by Crippen LogP contribution is 2.23. The number of nitrogens with zero attached hydrogens (tertiary/aromatic N) is 2. The van der Waals surface area contributed by atoms with Gasteiger partial charge in [-0.2, -0.15) is 0 Å². The molecule has 0 bridgehead atoms. The van der Waals surface area contributed by atoms with Crippen molar-refractivity contribution >= 4 is 11.3 Å². The van der Waals surface area contributed by atoms with Crippen LogP contribution in [0.25, 0.3) is 0 Å². The topological polar surface area (TPSA) is 63.8 Å². The lowest BCUT2D eigenvalue weighted by Gasteiger charge is -2.16. The lowest BCUT2D eigenvalue weighted by atomic mass is 10.0. The first-order valence-corrected chi connectivity index (χ1v) is 7.15. The van der Waals surface area contributed by atoms with Crippen LogP contribution in [0, 0.1) is 27.7 Å². The van der Waals surface area contributed by atoms with Crippen molar-refractivity contribution in [2.45, 2.75) is 40.2 Å². The van der Waals surface area contributed by atoms with Crippen LogP contribution in [0.4, 0.5) is 0 Å². The molecule has 0 saturated heterocycles. The third kappa shape index (κ3) is 3.37. The maximum absolute atomic E-state index is 5.70. The van der Waals surface area contributed by atoms with E-state index in [-0.39, 0.29) is 6.04 Å². The lowest BCUT2D eigenvalue weighted by Crippen LogP contribution is -2.29. The number of aryl methyl sites for hydroxylation is 4. The van der Waals surface area contributed by atoms with E-state index in [1.54, 1.807) is 11.3 Å². The SMILES string of the molecule is Cc1cc(C(Cc2nc(C)c(C)s2)NN)cc(C)n1. The van der Waals surface area contributed by atoms with E-state index in [1.165, 1.54) is 4.88 Å². The molecular weight excluding hydrogens is 256 g/mol. The second-order valence-electron chi connectivity index (χ2n) is 4.86. The largest absolute Gasteiger partial charge is 0.271 e. The molecule has 2 aromatic rings. The Kier molecular flexibility index (Phi) is 4.29. The van der Waals surface area contributed by atoms with Crippen molar-refractivity contribution < 1.29 is 0 Å². The molecule has 0 aromatic carbocycles. The van der Waals surface area contributed by atoms with E-state index in [2.05, 4.69) is 34.5 Å². The van der Waals surface area contributed by atoms with Gasteiger partial charge in [-0.25, -0.2) is 4.98 Å². The predicted octanol–water partition coefficient (Wildman–Crippen LogP) is 2.52. The summed E-state index contributed by atoms with van der Waals surface area (Å²) in [5.74, 6) is 5.70. The first kappa shape index (κ1) is 14.1. The fraction of sp³-hybridized carbons (Fsp3) is 0.429. The van der Waals surface area contributed by atoms with Crippen LogP contribution in [-0.4, -0.2) is 9.97 Å². The smallest absolute Gasteiger partial charge is 0.0950 e. The maximum atomic E-state index is 5.70. The molecule has 0 radical (unpaired) electrons. The molecule has 5 heteroatoms. The summed E-state index contributed by atoms with van der Waals surface area (Å²) >= 11 is 1.74. The first-order valence-electron chi connectivity index (χ1n) is 6.34. The maximum Gasteiger partial charge on any atom is 0.0950 e. The zero-order valence-electron chi connectivity index (χ0n) is 11.8. The van der Waals surface area contributed by atoms with Crippen molar-refractivity contribution in [1.29, 1.82) is 0 Å². The molecule has 3 N–H and O–H groups in total. The Morgan fingerprint density at radius 2 is 1.79 bits per heavy atom. The second-order valence-corrected chi connectivity index (χ2v) is 6.14. The molecule has 0 aliphatic heterocycles. The van der Waals surface area contributed by atoms with Crippen LogP contribution < -0.4 is 11.3 Å². The van der Waals surface area contributed by atoms with E-state index < -0.39 is 0 Å². The molecule has 102 valence electrons. The molecule has 2 aromatic heterocycles. The molecule has 1 atom stereocenters. The number of pyridine rings is 1. The highest BCUT2D eigenvalue weighted by Gasteiger charge is 2.14. The van der Waals surface area contributed by atoms with Gasteiger partial charge in [-0.3, -0.25) is 16.3 Å². The number of hydrazine groups is 1. The molecule has 2 heterocycles. The van der Waals surface area contributed by atoms with E-state index >= 15 is 0 Å². The van der Waals surface area contributed by atoms with Gasteiger partial charge in [0.2, 0.25) is 0 Å². The molecule has 1 unspecified atom stereocenters. The van der Waals surface area contributed by atoms with E-state index in [0.29, 0.717) is 0 Å². The average Bonchev–Trinajstić information content (AvgIpc) is 2.64. The third-order valence-corrected chi connectivity index (χ3v) is 4.25. The minimum Gasteiger partial charge on any atom is -0.271 e.